The highest BCUT2D eigenvalue weighted by atomic mass is 16.1. The number of aromatic amines is 1. The van der Waals surface area contributed by atoms with E-state index in [9.17, 15) is 9.59 Å². The summed E-state index contributed by atoms with van der Waals surface area (Å²) < 4.78 is 1.49. The molecule has 0 aliphatic rings. The Kier molecular flexibility index (Phi) is 4.81. The molecule has 0 bridgehead atoms. The minimum absolute atomic E-state index is 0.0442. The maximum Gasteiger partial charge on any atom is 0.329 e. The van der Waals surface area contributed by atoms with Gasteiger partial charge in [-0.15, -0.1) is 0 Å². The van der Waals surface area contributed by atoms with E-state index in [4.69, 9.17) is 5.73 Å². The number of rotatable bonds is 7. The van der Waals surface area contributed by atoms with E-state index in [0.717, 1.165) is 19.3 Å². The minimum Gasteiger partial charge on any atom is -0.382 e. The van der Waals surface area contributed by atoms with Gasteiger partial charge in [-0.3, -0.25) is 14.3 Å². The number of aryl methyl sites for hydroxylation is 1. The zero-order valence-corrected chi connectivity index (χ0v) is 12.0. The van der Waals surface area contributed by atoms with Crippen LogP contribution in [0.2, 0.25) is 0 Å². The fourth-order valence-electron chi connectivity index (χ4n) is 2.46. The molecule has 6 nitrogen and oxygen atoms in total. The number of hydrogen-bond donors (Lipinski definition) is 3. The normalized spacial score (nSPS) is 12.0. The molecule has 0 aliphatic carbocycles. The van der Waals surface area contributed by atoms with E-state index in [1.54, 1.807) is 0 Å². The summed E-state index contributed by atoms with van der Waals surface area (Å²) in [5, 5.41) is 2.48. The molecule has 21 heavy (non-hydrogen) atoms. The van der Waals surface area contributed by atoms with Crippen LogP contribution in [-0.4, -0.2) is 16.0 Å². The summed E-state index contributed by atoms with van der Waals surface area (Å²) in [4.78, 5) is 25.0. The Labute approximate surface area is 123 Å². The van der Waals surface area contributed by atoms with Gasteiger partial charge in [0.2, 0.25) is 6.41 Å². The highest BCUT2D eigenvalue weighted by Gasteiger charge is 2.16. The van der Waals surface area contributed by atoms with Crippen molar-refractivity contribution in [2.75, 3.05) is 11.1 Å². The van der Waals surface area contributed by atoms with Crippen LogP contribution in [0.25, 0.3) is 0 Å². The molecule has 0 saturated heterocycles. The van der Waals surface area contributed by atoms with Crippen LogP contribution in [0.4, 0.5) is 11.6 Å². The molecule has 4 N–H and O–H groups in total. The summed E-state index contributed by atoms with van der Waals surface area (Å²) in [6.07, 6.45) is 3.24. The Balaban J connectivity index is 2.02. The van der Waals surface area contributed by atoms with E-state index in [1.807, 2.05) is 25.1 Å². The summed E-state index contributed by atoms with van der Waals surface area (Å²) in [6.45, 7) is 1.94. The molecule has 112 valence electrons. The van der Waals surface area contributed by atoms with Crippen molar-refractivity contribution in [2.45, 2.75) is 32.2 Å². The lowest BCUT2D eigenvalue weighted by Crippen LogP contribution is -2.22. The second-order valence-electron chi connectivity index (χ2n) is 5.05. The average molecular weight is 288 g/mol. The molecule has 1 atom stereocenters. The van der Waals surface area contributed by atoms with Crippen molar-refractivity contribution in [1.82, 2.24) is 9.55 Å². The van der Waals surface area contributed by atoms with Gasteiger partial charge in [0.15, 0.2) is 5.82 Å². The van der Waals surface area contributed by atoms with Crippen LogP contribution in [-0.2, 0) is 11.2 Å². The molecule has 1 aromatic heterocycles. The zero-order valence-electron chi connectivity index (χ0n) is 12.0. The molecule has 0 radical (unpaired) electrons. The average Bonchev–Trinajstić information content (AvgIpc) is 2.75. The smallest absolute Gasteiger partial charge is 0.329 e. The van der Waals surface area contributed by atoms with E-state index in [1.165, 1.54) is 10.1 Å². The van der Waals surface area contributed by atoms with Crippen molar-refractivity contribution in [3.63, 3.8) is 0 Å². The third-order valence-electron chi connectivity index (χ3n) is 3.52. The van der Waals surface area contributed by atoms with Crippen molar-refractivity contribution in [1.29, 1.82) is 0 Å². The molecular formula is C15H20N4O2. The number of H-pyrrole nitrogens is 1. The number of carbonyl (C=O) groups excluding carboxylic acids is 1. The number of nitrogen functional groups attached to an aromatic ring is 1. The number of benzene rings is 1. The van der Waals surface area contributed by atoms with Gasteiger partial charge in [-0.2, -0.15) is 0 Å². The first-order valence-electron chi connectivity index (χ1n) is 6.97. The first kappa shape index (κ1) is 14.9. The van der Waals surface area contributed by atoms with E-state index >= 15 is 0 Å². The van der Waals surface area contributed by atoms with Crippen molar-refractivity contribution < 1.29 is 4.79 Å². The number of nitrogens with two attached hydrogens (primary N) is 1. The van der Waals surface area contributed by atoms with Crippen LogP contribution in [0.5, 0.6) is 0 Å². The maximum atomic E-state index is 11.9. The second kappa shape index (κ2) is 6.78. The first-order valence-corrected chi connectivity index (χ1v) is 6.97. The topological polar surface area (TPSA) is 92.9 Å². The standard InChI is InChI=1S/C15H20N4O2/c1-11(6-5-9-12-7-3-2-4-8-12)19-14(17-10-20)13(16)18-15(19)21/h2-4,7-8,10-11H,5-6,9,16H2,1H3,(H,17,20)(H,18,21). The first-order chi connectivity index (χ1) is 10.1. The van der Waals surface area contributed by atoms with E-state index < -0.39 is 0 Å². The molecule has 0 aliphatic heterocycles. The third-order valence-corrected chi connectivity index (χ3v) is 3.52. The molecule has 1 aromatic carbocycles. The lowest BCUT2D eigenvalue weighted by atomic mass is 10.1. The van der Waals surface area contributed by atoms with Crippen LogP contribution in [0, 0.1) is 0 Å². The van der Waals surface area contributed by atoms with E-state index in [0.29, 0.717) is 12.2 Å². The monoisotopic (exact) mass is 288 g/mol. The number of anilines is 2. The summed E-state index contributed by atoms with van der Waals surface area (Å²) in [6, 6.07) is 10.2. The highest BCUT2D eigenvalue weighted by Crippen LogP contribution is 2.21. The Morgan fingerprint density at radius 1 is 1.38 bits per heavy atom. The molecule has 0 fully saturated rings. The van der Waals surface area contributed by atoms with E-state index in [-0.39, 0.29) is 17.5 Å². The molecule has 2 rings (SSSR count). The zero-order chi connectivity index (χ0) is 15.2. The highest BCUT2D eigenvalue weighted by molar-refractivity contribution is 5.75. The molecular weight excluding hydrogens is 268 g/mol. The largest absolute Gasteiger partial charge is 0.382 e. The number of hydrogen-bond acceptors (Lipinski definition) is 3. The summed E-state index contributed by atoms with van der Waals surface area (Å²) in [7, 11) is 0. The Morgan fingerprint density at radius 3 is 2.76 bits per heavy atom. The third kappa shape index (κ3) is 3.53. The predicted octanol–water partition coefficient (Wildman–Crippen LogP) is 1.91. The molecule has 1 amide bonds. The van der Waals surface area contributed by atoms with Crippen molar-refractivity contribution >= 4 is 18.0 Å². The Morgan fingerprint density at radius 2 is 2.10 bits per heavy atom. The van der Waals surface area contributed by atoms with Gasteiger partial charge >= 0.3 is 5.69 Å². The predicted molar refractivity (Wildman–Crippen MR) is 83.2 cm³/mol. The Bertz CT molecular complexity index is 645. The summed E-state index contributed by atoms with van der Waals surface area (Å²) >= 11 is 0. The van der Waals surface area contributed by atoms with Crippen LogP contribution < -0.4 is 16.7 Å². The SMILES string of the molecule is CC(CCCc1ccccc1)n1c(NC=O)c(N)[nH]c1=O. The maximum absolute atomic E-state index is 11.9. The van der Waals surface area contributed by atoms with Crippen LogP contribution in [0.1, 0.15) is 31.4 Å². The molecule has 0 saturated carbocycles. The van der Waals surface area contributed by atoms with Gasteiger partial charge in [0.05, 0.1) is 0 Å². The number of nitrogens with one attached hydrogen (secondary N) is 2. The number of nitrogens with zero attached hydrogens (tertiary/aromatic N) is 1. The Hall–Kier alpha value is -2.50. The number of aromatic nitrogens is 2. The van der Waals surface area contributed by atoms with Gasteiger partial charge in [-0.25, -0.2) is 4.79 Å². The lowest BCUT2D eigenvalue weighted by Gasteiger charge is -2.15. The number of amides is 1. The molecule has 1 heterocycles. The number of carbonyl (C=O) groups is 1. The molecule has 6 heteroatoms. The van der Waals surface area contributed by atoms with Crippen LogP contribution in [0.3, 0.4) is 0 Å². The van der Waals surface area contributed by atoms with Crippen molar-refractivity contribution in [2.24, 2.45) is 0 Å². The van der Waals surface area contributed by atoms with Gasteiger partial charge in [0, 0.05) is 6.04 Å². The fourth-order valence-corrected chi connectivity index (χ4v) is 2.46. The van der Waals surface area contributed by atoms with Gasteiger partial charge in [0.1, 0.15) is 5.82 Å². The van der Waals surface area contributed by atoms with Crippen LogP contribution >= 0.6 is 0 Å². The summed E-state index contributed by atoms with van der Waals surface area (Å²) in [5.74, 6) is 0.518. The second-order valence-corrected chi connectivity index (χ2v) is 5.05. The lowest BCUT2D eigenvalue weighted by molar-refractivity contribution is -0.105. The number of imidazole rings is 1. The molecule has 2 aromatic rings. The molecule has 1 unspecified atom stereocenters. The van der Waals surface area contributed by atoms with Crippen molar-refractivity contribution in [3.8, 4) is 0 Å². The van der Waals surface area contributed by atoms with Gasteiger partial charge in [-0.05, 0) is 31.7 Å². The fraction of sp³-hybridized carbons (Fsp3) is 0.333. The minimum atomic E-state index is -0.302. The quantitative estimate of drug-likeness (QED) is 0.679. The summed E-state index contributed by atoms with van der Waals surface area (Å²) in [5.41, 5.74) is 6.66. The van der Waals surface area contributed by atoms with Gasteiger partial charge in [0.25, 0.3) is 0 Å². The van der Waals surface area contributed by atoms with Crippen molar-refractivity contribution in [3.05, 3.63) is 46.4 Å². The van der Waals surface area contributed by atoms with Gasteiger partial charge in [-0.1, -0.05) is 30.3 Å². The van der Waals surface area contributed by atoms with Crippen LogP contribution in [0.15, 0.2) is 35.1 Å². The van der Waals surface area contributed by atoms with E-state index in [2.05, 4.69) is 22.4 Å². The van der Waals surface area contributed by atoms with Gasteiger partial charge < -0.3 is 11.1 Å². The molecule has 0 spiro atoms.